The zero-order chi connectivity index (χ0) is 19.3. The first kappa shape index (κ1) is 19.9. The van der Waals surface area contributed by atoms with Gasteiger partial charge in [-0.25, -0.2) is 8.42 Å². The van der Waals surface area contributed by atoms with E-state index in [2.05, 4.69) is 10.0 Å². The summed E-state index contributed by atoms with van der Waals surface area (Å²) in [6, 6.07) is 15.6. The maximum atomic E-state index is 12.6. The SMILES string of the molecule is CC(NC(=O)C(C)C(N)c1ccccc1)c1ccccc1NS(C)(=O)=O. The Bertz CT molecular complexity index is 853. The second-order valence-electron chi connectivity index (χ2n) is 6.42. The van der Waals surface area contributed by atoms with Gasteiger partial charge in [-0.3, -0.25) is 9.52 Å². The largest absolute Gasteiger partial charge is 0.349 e. The van der Waals surface area contributed by atoms with Crippen molar-refractivity contribution in [3.63, 3.8) is 0 Å². The first-order valence-corrected chi connectivity index (χ1v) is 10.3. The molecule has 6 nitrogen and oxygen atoms in total. The summed E-state index contributed by atoms with van der Waals surface area (Å²) in [5.74, 6) is -0.627. The molecule has 2 rings (SSSR count). The number of hydrogen-bond acceptors (Lipinski definition) is 4. The van der Waals surface area contributed by atoms with Gasteiger partial charge < -0.3 is 11.1 Å². The van der Waals surface area contributed by atoms with Gasteiger partial charge in [0, 0.05) is 6.04 Å². The quantitative estimate of drug-likeness (QED) is 0.692. The molecule has 7 heteroatoms. The summed E-state index contributed by atoms with van der Waals surface area (Å²) < 4.78 is 25.6. The van der Waals surface area contributed by atoms with E-state index >= 15 is 0 Å². The van der Waals surface area contributed by atoms with Gasteiger partial charge in [0.15, 0.2) is 0 Å². The molecule has 0 radical (unpaired) electrons. The molecule has 3 unspecified atom stereocenters. The average molecular weight is 375 g/mol. The van der Waals surface area contributed by atoms with Gasteiger partial charge >= 0.3 is 0 Å². The first-order valence-electron chi connectivity index (χ1n) is 8.36. The van der Waals surface area contributed by atoms with Crippen molar-refractivity contribution in [3.8, 4) is 0 Å². The van der Waals surface area contributed by atoms with Crippen molar-refractivity contribution in [2.45, 2.75) is 25.9 Å². The molecule has 0 bridgehead atoms. The fraction of sp³-hybridized carbons (Fsp3) is 0.316. The molecule has 3 atom stereocenters. The van der Waals surface area contributed by atoms with Crippen LogP contribution in [0.3, 0.4) is 0 Å². The standard InChI is InChI=1S/C19H25N3O3S/c1-13(18(20)15-9-5-4-6-10-15)19(23)21-14(2)16-11-7-8-12-17(16)22-26(3,24)25/h4-14,18,22H,20H2,1-3H3,(H,21,23). The Morgan fingerprint density at radius 2 is 1.58 bits per heavy atom. The predicted molar refractivity (Wildman–Crippen MR) is 104 cm³/mol. The number of para-hydroxylation sites is 1. The number of carbonyl (C=O) groups excluding carboxylic acids is 1. The zero-order valence-corrected chi connectivity index (χ0v) is 16.0. The van der Waals surface area contributed by atoms with Crippen molar-refractivity contribution in [1.29, 1.82) is 0 Å². The summed E-state index contributed by atoms with van der Waals surface area (Å²) in [5.41, 5.74) is 8.24. The molecule has 2 aromatic rings. The Kier molecular flexibility index (Phi) is 6.39. The van der Waals surface area contributed by atoms with E-state index in [0.717, 1.165) is 11.8 Å². The highest BCUT2D eigenvalue weighted by atomic mass is 32.2. The van der Waals surface area contributed by atoms with Gasteiger partial charge in [-0.05, 0) is 24.1 Å². The van der Waals surface area contributed by atoms with Gasteiger partial charge in [0.2, 0.25) is 15.9 Å². The minimum absolute atomic E-state index is 0.192. The number of benzene rings is 2. The molecule has 0 saturated heterocycles. The lowest BCUT2D eigenvalue weighted by molar-refractivity contribution is -0.125. The number of sulfonamides is 1. The molecular formula is C19H25N3O3S. The van der Waals surface area contributed by atoms with Crippen molar-refractivity contribution in [3.05, 3.63) is 65.7 Å². The molecule has 26 heavy (non-hydrogen) atoms. The van der Waals surface area contributed by atoms with Gasteiger partial charge in [-0.1, -0.05) is 55.5 Å². The molecular weight excluding hydrogens is 350 g/mol. The molecule has 1 amide bonds. The van der Waals surface area contributed by atoms with Crippen LogP contribution in [0.25, 0.3) is 0 Å². The third-order valence-electron chi connectivity index (χ3n) is 4.22. The molecule has 0 aliphatic carbocycles. The number of anilines is 1. The van der Waals surface area contributed by atoms with E-state index in [1.54, 1.807) is 38.1 Å². The molecule has 0 aromatic heterocycles. The zero-order valence-electron chi connectivity index (χ0n) is 15.1. The van der Waals surface area contributed by atoms with Crippen molar-refractivity contribution in [2.75, 3.05) is 11.0 Å². The number of hydrogen-bond donors (Lipinski definition) is 3. The second-order valence-corrected chi connectivity index (χ2v) is 8.17. The lowest BCUT2D eigenvalue weighted by atomic mass is 9.94. The Hall–Kier alpha value is -2.38. The van der Waals surface area contributed by atoms with Crippen LogP contribution in [0.4, 0.5) is 5.69 Å². The molecule has 0 saturated carbocycles. The average Bonchev–Trinajstić information content (AvgIpc) is 2.60. The van der Waals surface area contributed by atoms with E-state index in [1.165, 1.54) is 0 Å². The van der Waals surface area contributed by atoms with Crippen LogP contribution in [0.15, 0.2) is 54.6 Å². The lowest BCUT2D eigenvalue weighted by Gasteiger charge is -2.23. The van der Waals surface area contributed by atoms with Crippen molar-refractivity contribution >= 4 is 21.6 Å². The molecule has 0 heterocycles. The summed E-state index contributed by atoms with van der Waals surface area (Å²) in [6.45, 7) is 3.59. The molecule has 0 aliphatic heterocycles. The van der Waals surface area contributed by atoms with E-state index in [-0.39, 0.29) is 11.9 Å². The number of nitrogens with one attached hydrogen (secondary N) is 2. The summed E-state index contributed by atoms with van der Waals surface area (Å²) in [6.07, 6.45) is 1.09. The highest BCUT2D eigenvalue weighted by Gasteiger charge is 2.24. The molecule has 0 fully saturated rings. The maximum absolute atomic E-state index is 12.6. The Morgan fingerprint density at radius 1 is 1.00 bits per heavy atom. The fourth-order valence-corrected chi connectivity index (χ4v) is 3.30. The van der Waals surface area contributed by atoms with Crippen LogP contribution in [0.1, 0.15) is 37.1 Å². The van der Waals surface area contributed by atoms with E-state index < -0.39 is 22.0 Å². The summed E-state index contributed by atoms with van der Waals surface area (Å²) >= 11 is 0. The van der Waals surface area contributed by atoms with E-state index in [1.807, 2.05) is 30.3 Å². The predicted octanol–water partition coefficient (Wildman–Crippen LogP) is 2.57. The van der Waals surface area contributed by atoms with Gasteiger partial charge in [-0.2, -0.15) is 0 Å². The van der Waals surface area contributed by atoms with E-state index in [0.29, 0.717) is 11.3 Å². The number of nitrogens with two attached hydrogens (primary N) is 1. The van der Waals surface area contributed by atoms with Crippen LogP contribution in [0.5, 0.6) is 0 Å². The normalized spacial score (nSPS) is 14.9. The fourth-order valence-electron chi connectivity index (χ4n) is 2.72. The molecule has 4 N–H and O–H groups in total. The number of amides is 1. The molecule has 2 aromatic carbocycles. The Morgan fingerprint density at radius 3 is 2.19 bits per heavy atom. The number of rotatable bonds is 7. The first-order chi connectivity index (χ1) is 12.2. The number of carbonyl (C=O) groups is 1. The molecule has 0 aliphatic rings. The van der Waals surface area contributed by atoms with Gasteiger partial charge in [0.05, 0.1) is 23.9 Å². The van der Waals surface area contributed by atoms with Crippen LogP contribution in [-0.4, -0.2) is 20.6 Å². The Labute approximate surface area is 154 Å². The van der Waals surface area contributed by atoms with Crippen molar-refractivity contribution in [1.82, 2.24) is 5.32 Å². The van der Waals surface area contributed by atoms with Gasteiger partial charge in [0.25, 0.3) is 0 Å². The maximum Gasteiger partial charge on any atom is 0.229 e. The van der Waals surface area contributed by atoms with Crippen LogP contribution in [0.2, 0.25) is 0 Å². The van der Waals surface area contributed by atoms with Crippen LogP contribution >= 0.6 is 0 Å². The van der Waals surface area contributed by atoms with E-state index in [4.69, 9.17) is 5.73 Å². The minimum Gasteiger partial charge on any atom is -0.349 e. The molecule has 0 spiro atoms. The van der Waals surface area contributed by atoms with Crippen LogP contribution in [-0.2, 0) is 14.8 Å². The highest BCUT2D eigenvalue weighted by Crippen LogP contribution is 2.25. The van der Waals surface area contributed by atoms with Crippen LogP contribution in [0, 0.1) is 5.92 Å². The van der Waals surface area contributed by atoms with E-state index in [9.17, 15) is 13.2 Å². The van der Waals surface area contributed by atoms with Gasteiger partial charge in [-0.15, -0.1) is 0 Å². The topological polar surface area (TPSA) is 101 Å². The Balaban J connectivity index is 2.12. The highest BCUT2D eigenvalue weighted by molar-refractivity contribution is 7.92. The summed E-state index contributed by atoms with van der Waals surface area (Å²) in [4.78, 5) is 12.6. The van der Waals surface area contributed by atoms with Crippen LogP contribution < -0.4 is 15.8 Å². The monoisotopic (exact) mass is 375 g/mol. The van der Waals surface area contributed by atoms with Crippen molar-refractivity contribution < 1.29 is 13.2 Å². The summed E-state index contributed by atoms with van der Waals surface area (Å²) in [5, 5.41) is 2.92. The smallest absolute Gasteiger partial charge is 0.229 e. The third-order valence-corrected chi connectivity index (χ3v) is 4.81. The van der Waals surface area contributed by atoms with Gasteiger partial charge in [0.1, 0.15) is 0 Å². The summed E-state index contributed by atoms with van der Waals surface area (Å²) in [7, 11) is -3.41. The molecule has 140 valence electrons. The third kappa shape index (κ3) is 5.31. The van der Waals surface area contributed by atoms with Crippen molar-refractivity contribution in [2.24, 2.45) is 11.7 Å². The lowest BCUT2D eigenvalue weighted by Crippen LogP contribution is -2.37. The minimum atomic E-state index is -3.41. The second kappa shape index (κ2) is 8.33.